The van der Waals surface area contributed by atoms with E-state index in [1.54, 1.807) is 18.2 Å². The van der Waals surface area contributed by atoms with Crippen molar-refractivity contribution in [2.24, 2.45) is 0 Å². The minimum Gasteiger partial charge on any atom is -0.489 e. The van der Waals surface area contributed by atoms with Crippen LogP contribution in [0.5, 0.6) is 5.75 Å². The number of carbonyl (C=O) groups is 1. The zero-order chi connectivity index (χ0) is 21.6. The largest absolute Gasteiger partial charge is 0.489 e. The van der Waals surface area contributed by atoms with Gasteiger partial charge >= 0.3 is 0 Å². The molecule has 4 rings (SSSR count). The molecule has 158 valence electrons. The first-order valence-electron chi connectivity index (χ1n) is 9.54. The predicted molar refractivity (Wildman–Crippen MR) is 112 cm³/mol. The fourth-order valence-corrected chi connectivity index (χ4v) is 3.04. The Bertz CT molecular complexity index is 1180. The molecule has 0 saturated heterocycles. The summed E-state index contributed by atoms with van der Waals surface area (Å²) < 4.78 is 37.7. The van der Waals surface area contributed by atoms with Crippen LogP contribution < -0.4 is 10.1 Å². The van der Waals surface area contributed by atoms with E-state index < -0.39 is 11.6 Å². The van der Waals surface area contributed by atoms with Crippen molar-refractivity contribution < 1.29 is 23.0 Å². The first-order valence-corrected chi connectivity index (χ1v) is 9.54. The molecule has 0 aliphatic rings. The quantitative estimate of drug-likeness (QED) is 0.435. The van der Waals surface area contributed by atoms with Gasteiger partial charge in [-0.05, 0) is 41.5 Å². The fraction of sp³-hybridized carbons (Fsp3) is 0.130. The van der Waals surface area contributed by atoms with E-state index in [1.807, 2.05) is 30.3 Å². The first-order chi connectivity index (χ1) is 15.1. The lowest BCUT2D eigenvalue weighted by Crippen LogP contribution is -2.18. The summed E-state index contributed by atoms with van der Waals surface area (Å²) in [5.41, 5.74) is 2.04. The Hall–Kier alpha value is -3.78. The monoisotopic (exact) mass is 423 g/mol. The van der Waals surface area contributed by atoms with Gasteiger partial charge in [0.15, 0.2) is 5.82 Å². The van der Waals surface area contributed by atoms with Crippen molar-refractivity contribution in [1.29, 1.82) is 0 Å². The van der Waals surface area contributed by atoms with Crippen LogP contribution in [0.15, 0.2) is 66.7 Å². The molecule has 4 aromatic rings. The summed E-state index contributed by atoms with van der Waals surface area (Å²) in [7, 11) is 0. The number of rotatable bonds is 8. The number of nitrogens with zero attached hydrogens (tertiary/aromatic N) is 1. The lowest BCUT2D eigenvalue weighted by Gasteiger charge is -2.08. The standard InChI is InChI=1S/C23H19F2N3O3/c24-17-8-16(9-18(25)10-17)13-31-19-6-7-21-20(11-19)23(28-27-21)26-22(29)14-30-12-15-4-2-1-3-5-15/h1-11H,12-14H2,(H2,26,27,28,29). The Kier molecular flexibility index (Phi) is 6.18. The lowest BCUT2D eigenvalue weighted by atomic mass is 10.2. The second-order valence-corrected chi connectivity index (χ2v) is 6.87. The molecule has 1 heterocycles. The maximum absolute atomic E-state index is 13.3. The van der Waals surface area contributed by atoms with Gasteiger partial charge in [0.25, 0.3) is 5.91 Å². The third-order valence-corrected chi connectivity index (χ3v) is 4.46. The number of carbonyl (C=O) groups excluding carboxylic acids is 1. The second-order valence-electron chi connectivity index (χ2n) is 6.87. The van der Waals surface area contributed by atoms with Crippen molar-refractivity contribution in [3.63, 3.8) is 0 Å². The van der Waals surface area contributed by atoms with E-state index in [-0.39, 0.29) is 19.1 Å². The summed E-state index contributed by atoms with van der Waals surface area (Å²) in [5, 5.41) is 10.3. The molecule has 2 N–H and O–H groups in total. The number of fused-ring (bicyclic) bond motifs is 1. The summed E-state index contributed by atoms with van der Waals surface area (Å²) >= 11 is 0. The zero-order valence-electron chi connectivity index (χ0n) is 16.4. The summed E-state index contributed by atoms with van der Waals surface area (Å²) in [4.78, 5) is 12.2. The van der Waals surface area contributed by atoms with Crippen LogP contribution in [0.25, 0.3) is 10.9 Å². The molecule has 0 bridgehead atoms. The predicted octanol–water partition coefficient (Wildman–Crippen LogP) is 4.58. The molecule has 8 heteroatoms. The normalized spacial score (nSPS) is 10.9. The van der Waals surface area contributed by atoms with Crippen LogP contribution >= 0.6 is 0 Å². The van der Waals surface area contributed by atoms with E-state index in [9.17, 15) is 13.6 Å². The Labute approximate surface area is 176 Å². The molecule has 0 fully saturated rings. The number of amides is 1. The SMILES string of the molecule is O=C(COCc1ccccc1)Nc1n[nH]c2ccc(OCc3cc(F)cc(F)c3)cc12. The number of benzene rings is 3. The van der Waals surface area contributed by atoms with Crippen molar-refractivity contribution in [2.45, 2.75) is 13.2 Å². The van der Waals surface area contributed by atoms with Gasteiger partial charge in [-0.1, -0.05) is 30.3 Å². The average molecular weight is 423 g/mol. The fourth-order valence-electron chi connectivity index (χ4n) is 3.04. The highest BCUT2D eigenvalue weighted by molar-refractivity contribution is 6.00. The highest BCUT2D eigenvalue weighted by Gasteiger charge is 2.11. The van der Waals surface area contributed by atoms with E-state index in [2.05, 4.69) is 15.5 Å². The molecule has 0 saturated carbocycles. The molecule has 31 heavy (non-hydrogen) atoms. The van der Waals surface area contributed by atoms with Gasteiger partial charge in [0.1, 0.15) is 30.6 Å². The van der Waals surface area contributed by atoms with Crippen LogP contribution in [-0.4, -0.2) is 22.7 Å². The van der Waals surface area contributed by atoms with E-state index in [4.69, 9.17) is 9.47 Å². The Morgan fingerprint density at radius 1 is 0.935 bits per heavy atom. The summed E-state index contributed by atoms with van der Waals surface area (Å²) in [6.45, 7) is 0.200. The van der Waals surface area contributed by atoms with Gasteiger partial charge in [0, 0.05) is 11.5 Å². The van der Waals surface area contributed by atoms with Crippen LogP contribution in [0, 0.1) is 11.6 Å². The summed E-state index contributed by atoms with van der Waals surface area (Å²) in [5.74, 6) is -0.863. The van der Waals surface area contributed by atoms with Crippen molar-refractivity contribution >= 4 is 22.6 Å². The Balaban J connectivity index is 1.37. The maximum Gasteiger partial charge on any atom is 0.251 e. The molecule has 0 radical (unpaired) electrons. The minimum atomic E-state index is -0.664. The molecule has 6 nitrogen and oxygen atoms in total. The van der Waals surface area contributed by atoms with Crippen LogP contribution in [0.1, 0.15) is 11.1 Å². The number of halogens is 2. The second kappa shape index (κ2) is 9.36. The molecule has 0 atom stereocenters. The molecular weight excluding hydrogens is 404 g/mol. The van der Waals surface area contributed by atoms with Gasteiger partial charge in [-0.15, -0.1) is 0 Å². The number of nitrogens with one attached hydrogen (secondary N) is 2. The van der Waals surface area contributed by atoms with Crippen LogP contribution in [0.3, 0.4) is 0 Å². The number of anilines is 1. The molecular formula is C23H19F2N3O3. The number of aromatic amines is 1. The topological polar surface area (TPSA) is 76.2 Å². The summed E-state index contributed by atoms with van der Waals surface area (Å²) in [6.07, 6.45) is 0. The third kappa shape index (κ3) is 5.43. The summed E-state index contributed by atoms with van der Waals surface area (Å²) in [6, 6.07) is 17.9. The molecule has 1 amide bonds. The Morgan fingerprint density at radius 2 is 1.71 bits per heavy atom. The zero-order valence-corrected chi connectivity index (χ0v) is 16.4. The smallest absolute Gasteiger partial charge is 0.251 e. The van der Waals surface area contributed by atoms with Crippen molar-refractivity contribution in [3.05, 3.63) is 89.5 Å². The van der Waals surface area contributed by atoms with Gasteiger partial charge in [0.2, 0.25) is 0 Å². The third-order valence-electron chi connectivity index (χ3n) is 4.46. The number of hydrogen-bond donors (Lipinski definition) is 2. The molecule has 0 unspecified atom stereocenters. The van der Waals surface area contributed by atoms with Gasteiger partial charge in [-0.2, -0.15) is 5.10 Å². The molecule has 3 aromatic carbocycles. The lowest BCUT2D eigenvalue weighted by molar-refractivity contribution is -0.121. The molecule has 0 spiro atoms. The number of H-pyrrole nitrogens is 1. The first kappa shape index (κ1) is 20.5. The van der Waals surface area contributed by atoms with Crippen molar-refractivity contribution in [3.8, 4) is 5.75 Å². The van der Waals surface area contributed by atoms with Crippen molar-refractivity contribution in [1.82, 2.24) is 10.2 Å². The van der Waals surface area contributed by atoms with E-state index in [0.717, 1.165) is 11.6 Å². The van der Waals surface area contributed by atoms with Crippen molar-refractivity contribution in [2.75, 3.05) is 11.9 Å². The minimum absolute atomic E-state index is 0.00689. The van der Waals surface area contributed by atoms with Gasteiger partial charge in [0.05, 0.1) is 12.1 Å². The van der Waals surface area contributed by atoms with Crippen LogP contribution in [0.4, 0.5) is 14.6 Å². The Morgan fingerprint density at radius 3 is 2.48 bits per heavy atom. The molecule has 0 aliphatic carbocycles. The number of ether oxygens (including phenoxy) is 2. The number of hydrogen-bond acceptors (Lipinski definition) is 4. The van der Waals surface area contributed by atoms with Crippen LogP contribution in [-0.2, 0) is 22.7 Å². The van der Waals surface area contributed by atoms with Gasteiger partial charge in [-0.3, -0.25) is 9.89 Å². The molecule has 0 aliphatic heterocycles. The molecule has 1 aromatic heterocycles. The van der Waals surface area contributed by atoms with E-state index in [0.29, 0.717) is 34.6 Å². The van der Waals surface area contributed by atoms with Gasteiger partial charge in [-0.25, -0.2) is 8.78 Å². The van der Waals surface area contributed by atoms with E-state index in [1.165, 1.54) is 12.1 Å². The highest BCUT2D eigenvalue weighted by atomic mass is 19.1. The number of aromatic nitrogens is 2. The average Bonchev–Trinajstić information content (AvgIpc) is 3.14. The maximum atomic E-state index is 13.3. The highest BCUT2D eigenvalue weighted by Crippen LogP contribution is 2.26. The van der Waals surface area contributed by atoms with E-state index >= 15 is 0 Å². The van der Waals surface area contributed by atoms with Crippen LogP contribution in [0.2, 0.25) is 0 Å². The van der Waals surface area contributed by atoms with Gasteiger partial charge < -0.3 is 14.8 Å².